The van der Waals surface area contributed by atoms with Crippen molar-refractivity contribution < 1.29 is 4.79 Å². The first-order valence-electron chi connectivity index (χ1n) is 7.00. The number of rotatable bonds is 4. The zero-order chi connectivity index (χ0) is 15.4. The molecule has 6 nitrogen and oxygen atoms in total. The predicted octanol–water partition coefficient (Wildman–Crippen LogP) is 2.48. The quantitative estimate of drug-likeness (QED) is 0.802. The minimum Gasteiger partial charge on any atom is -0.317 e. The Balaban J connectivity index is 1.92. The van der Waals surface area contributed by atoms with Crippen LogP contribution in [-0.2, 0) is 6.42 Å². The molecule has 0 atom stereocenters. The molecule has 0 aliphatic heterocycles. The molecule has 0 aliphatic carbocycles. The molecular weight excluding hydrogens is 278 g/mol. The number of nitrogens with one attached hydrogen (secondary N) is 1. The first-order valence-corrected chi connectivity index (χ1v) is 7.00. The van der Waals surface area contributed by atoms with Crippen molar-refractivity contribution in [2.45, 2.75) is 13.3 Å². The van der Waals surface area contributed by atoms with Crippen LogP contribution in [0.1, 0.15) is 23.0 Å². The van der Waals surface area contributed by atoms with Crippen LogP contribution < -0.4 is 5.32 Å². The van der Waals surface area contributed by atoms with Crippen molar-refractivity contribution in [1.29, 1.82) is 0 Å². The molecule has 0 spiro atoms. The van der Waals surface area contributed by atoms with Crippen LogP contribution in [0.4, 0.5) is 5.69 Å². The second-order valence-electron chi connectivity index (χ2n) is 4.64. The van der Waals surface area contributed by atoms with Crippen molar-refractivity contribution in [1.82, 2.24) is 19.7 Å². The highest BCUT2D eigenvalue weighted by molar-refractivity contribution is 6.04. The van der Waals surface area contributed by atoms with Crippen LogP contribution >= 0.6 is 0 Å². The van der Waals surface area contributed by atoms with Crippen LogP contribution in [-0.4, -0.2) is 25.7 Å². The van der Waals surface area contributed by atoms with Crippen molar-refractivity contribution in [3.63, 3.8) is 0 Å². The van der Waals surface area contributed by atoms with E-state index in [0.717, 1.165) is 12.0 Å². The molecule has 3 heterocycles. The average molecular weight is 293 g/mol. The van der Waals surface area contributed by atoms with Crippen LogP contribution in [0.5, 0.6) is 0 Å². The van der Waals surface area contributed by atoms with Gasteiger partial charge in [0.05, 0.1) is 5.69 Å². The van der Waals surface area contributed by atoms with Gasteiger partial charge in [0, 0.05) is 24.8 Å². The van der Waals surface area contributed by atoms with E-state index in [9.17, 15) is 4.79 Å². The van der Waals surface area contributed by atoms with Gasteiger partial charge in [-0.25, -0.2) is 9.67 Å². The zero-order valence-electron chi connectivity index (χ0n) is 12.1. The summed E-state index contributed by atoms with van der Waals surface area (Å²) in [5, 5.41) is 7.01. The number of hydrogen-bond acceptors (Lipinski definition) is 4. The monoisotopic (exact) mass is 293 g/mol. The molecule has 3 aromatic heterocycles. The lowest BCUT2D eigenvalue weighted by molar-refractivity contribution is 0.102. The maximum absolute atomic E-state index is 12.5. The van der Waals surface area contributed by atoms with E-state index in [1.807, 2.05) is 19.1 Å². The fourth-order valence-electron chi connectivity index (χ4n) is 2.18. The molecule has 0 saturated carbocycles. The van der Waals surface area contributed by atoms with Crippen LogP contribution in [0.2, 0.25) is 0 Å². The Hall–Kier alpha value is -3.02. The number of pyridine rings is 2. The third kappa shape index (κ3) is 2.71. The number of amides is 1. The Morgan fingerprint density at radius 2 is 1.95 bits per heavy atom. The lowest BCUT2D eigenvalue weighted by atomic mass is 10.1. The summed E-state index contributed by atoms with van der Waals surface area (Å²) in [5.41, 5.74) is 1.92. The number of nitrogens with zero attached hydrogens (tertiary/aromatic N) is 4. The van der Waals surface area contributed by atoms with Crippen molar-refractivity contribution in [2.75, 3.05) is 5.32 Å². The zero-order valence-corrected chi connectivity index (χ0v) is 12.1. The van der Waals surface area contributed by atoms with Gasteiger partial charge in [-0.15, -0.1) is 0 Å². The fraction of sp³-hybridized carbons (Fsp3) is 0.125. The van der Waals surface area contributed by atoms with E-state index >= 15 is 0 Å². The van der Waals surface area contributed by atoms with Gasteiger partial charge in [-0.3, -0.25) is 9.78 Å². The van der Waals surface area contributed by atoms with Crippen LogP contribution in [0.3, 0.4) is 0 Å². The highest BCUT2D eigenvalue weighted by Crippen LogP contribution is 2.17. The second-order valence-corrected chi connectivity index (χ2v) is 4.64. The van der Waals surface area contributed by atoms with Crippen molar-refractivity contribution >= 4 is 11.6 Å². The van der Waals surface area contributed by atoms with Crippen molar-refractivity contribution in [3.05, 3.63) is 66.4 Å². The normalized spacial score (nSPS) is 10.4. The number of anilines is 1. The van der Waals surface area contributed by atoms with E-state index in [1.54, 1.807) is 47.7 Å². The van der Waals surface area contributed by atoms with E-state index < -0.39 is 0 Å². The Labute approximate surface area is 127 Å². The summed E-state index contributed by atoms with van der Waals surface area (Å²) in [5.74, 6) is 0.314. The van der Waals surface area contributed by atoms with Crippen LogP contribution in [0.25, 0.3) is 5.82 Å². The van der Waals surface area contributed by atoms with E-state index in [1.165, 1.54) is 0 Å². The van der Waals surface area contributed by atoms with Crippen LogP contribution in [0.15, 0.2) is 55.1 Å². The standard InChI is InChI=1S/C16H15N5O/c1-2-12-6-3-8-17-14(12)16(22)20-13-7-4-9-18-15(13)21-11-5-10-19-21/h3-11H,2H2,1H3,(H,20,22). The Morgan fingerprint density at radius 1 is 1.14 bits per heavy atom. The summed E-state index contributed by atoms with van der Waals surface area (Å²) >= 11 is 0. The fourth-order valence-corrected chi connectivity index (χ4v) is 2.18. The molecule has 0 radical (unpaired) electrons. The number of carbonyl (C=O) groups is 1. The van der Waals surface area contributed by atoms with Crippen molar-refractivity contribution in [2.24, 2.45) is 0 Å². The smallest absolute Gasteiger partial charge is 0.274 e. The maximum Gasteiger partial charge on any atom is 0.274 e. The Morgan fingerprint density at radius 3 is 2.73 bits per heavy atom. The molecule has 0 bridgehead atoms. The van der Waals surface area contributed by atoms with Gasteiger partial charge in [0.1, 0.15) is 5.69 Å². The molecule has 0 fully saturated rings. The summed E-state index contributed by atoms with van der Waals surface area (Å²) in [6, 6.07) is 9.08. The summed E-state index contributed by atoms with van der Waals surface area (Å²) in [4.78, 5) is 20.9. The molecule has 1 amide bonds. The summed E-state index contributed by atoms with van der Waals surface area (Å²) in [7, 11) is 0. The number of aromatic nitrogens is 4. The summed E-state index contributed by atoms with van der Waals surface area (Å²) < 4.78 is 1.61. The maximum atomic E-state index is 12.5. The molecule has 0 saturated heterocycles. The third-order valence-electron chi connectivity index (χ3n) is 3.24. The van der Waals surface area contributed by atoms with Gasteiger partial charge in [0.25, 0.3) is 5.91 Å². The van der Waals surface area contributed by atoms with E-state index in [0.29, 0.717) is 17.2 Å². The molecule has 3 rings (SSSR count). The van der Waals surface area contributed by atoms with E-state index in [-0.39, 0.29) is 5.91 Å². The molecular formula is C16H15N5O. The molecule has 0 aliphatic rings. The van der Waals surface area contributed by atoms with E-state index in [4.69, 9.17) is 0 Å². The minimum atomic E-state index is -0.251. The molecule has 3 aromatic rings. The SMILES string of the molecule is CCc1cccnc1C(=O)Nc1cccnc1-n1cccn1. The predicted molar refractivity (Wildman–Crippen MR) is 82.9 cm³/mol. The highest BCUT2D eigenvalue weighted by atomic mass is 16.1. The molecule has 22 heavy (non-hydrogen) atoms. The van der Waals surface area contributed by atoms with Gasteiger partial charge < -0.3 is 5.32 Å². The summed E-state index contributed by atoms with van der Waals surface area (Å²) in [6.07, 6.45) is 7.46. The van der Waals surface area contributed by atoms with Crippen LogP contribution in [0, 0.1) is 0 Å². The van der Waals surface area contributed by atoms with Crippen molar-refractivity contribution in [3.8, 4) is 5.82 Å². The number of aryl methyl sites for hydroxylation is 1. The summed E-state index contributed by atoms with van der Waals surface area (Å²) in [6.45, 7) is 1.99. The first-order chi connectivity index (χ1) is 10.8. The molecule has 1 N–H and O–H groups in total. The first kappa shape index (κ1) is 13.9. The third-order valence-corrected chi connectivity index (χ3v) is 3.24. The highest BCUT2D eigenvalue weighted by Gasteiger charge is 2.14. The molecule has 0 aromatic carbocycles. The van der Waals surface area contributed by atoms with E-state index in [2.05, 4.69) is 20.4 Å². The van der Waals surface area contributed by atoms with Gasteiger partial charge >= 0.3 is 0 Å². The topological polar surface area (TPSA) is 72.7 Å². The van der Waals surface area contributed by atoms with Gasteiger partial charge in [-0.05, 0) is 36.2 Å². The van der Waals surface area contributed by atoms with Gasteiger partial charge in [0.2, 0.25) is 0 Å². The Bertz CT molecular complexity index is 783. The number of carbonyl (C=O) groups excluding carboxylic acids is 1. The lowest BCUT2D eigenvalue weighted by Crippen LogP contribution is -2.17. The minimum absolute atomic E-state index is 0.251. The largest absolute Gasteiger partial charge is 0.317 e. The average Bonchev–Trinajstić information content (AvgIpc) is 3.09. The lowest BCUT2D eigenvalue weighted by Gasteiger charge is -2.11. The van der Waals surface area contributed by atoms with Gasteiger partial charge in [-0.1, -0.05) is 13.0 Å². The number of hydrogen-bond donors (Lipinski definition) is 1. The van der Waals surface area contributed by atoms with Gasteiger partial charge in [-0.2, -0.15) is 5.10 Å². The molecule has 6 heteroatoms. The van der Waals surface area contributed by atoms with Gasteiger partial charge in [0.15, 0.2) is 5.82 Å². The molecule has 0 unspecified atom stereocenters. The Kier molecular flexibility index (Phi) is 3.91. The molecule has 110 valence electrons. The second kappa shape index (κ2) is 6.17.